The second-order valence-corrected chi connectivity index (χ2v) is 6.02. The van der Waals surface area contributed by atoms with Crippen LogP contribution in [0.15, 0.2) is 53.2 Å². The fourth-order valence-corrected chi connectivity index (χ4v) is 2.57. The molecule has 126 valence electrons. The van der Waals surface area contributed by atoms with Gasteiger partial charge in [-0.1, -0.05) is 12.1 Å². The van der Waals surface area contributed by atoms with Crippen molar-refractivity contribution >= 4 is 0 Å². The molecular formula is C18H20FN3O2. The predicted octanol–water partition coefficient (Wildman–Crippen LogP) is 3.04. The van der Waals surface area contributed by atoms with Crippen LogP contribution in [-0.2, 0) is 5.60 Å². The number of nitrogens with zero attached hydrogens (tertiary/aromatic N) is 1. The highest BCUT2D eigenvalue weighted by atomic mass is 19.1. The maximum atomic E-state index is 13.2. The number of benzene rings is 1. The second kappa shape index (κ2) is 6.59. The van der Waals surface area contributed by atoms with Gasteiger partial charge in [0, 0.05) is 18.9 Å². The van der Waals surface area contributed by atoms with Crippen molar-refractivity contribution in [2.45, 2.75) is 25.5 Å². The van der Waals surface area contributed by atoms with Crippen LogP contribution in [0.4, 0.5) is 4.39 Å². The molecule has 0 amide bonds. The Morgan fingerprint density at radius 3 is 2.62 bits per heavy atom. The Kier molecular flexibility index (Phi) is 4.51. The molecule has 3 N–H and O–H groups in total. The Bertz CT molecular complexity index is 779. The third kappa shape index (κ3) is 3.55. The highest BCUT2D eigenvalue weighted by molar-refractivity contribution is 5.25. The van der Waals surface area contributed by atoms with Gasteiger partial charge in [-0.3, -0.25) is 0 Å². The van der Waals surface area contributed by atoms with Crippen LogP contribution in [0.1, 0.15) is 35.9 Å². The van der Waals surface area contributed by atoms with Crippen LogP contribution in [0.2, 0.25) is 0 Å². The molecular weight excluding hydrogens is 309 g/mol. The van der Waals surface area contributed by atoms with Crippen molar-refractivity contribution in [2.75, 3.05) is 6.54 Å². The van der Waals surface area contributed by atoms with Crippen LogP contribution in [0, 0.1) is 12.7 Å². The van der Waals surface area contributed by atoms with Gasteiger partial charge in [-0.05, 0) is 43.7 Å². The molecule has 0 bridgehead atoms. The zero-order chi connectivity index (χ0) is 17.2. The quantitative estimate of drug-likeness (QED) is 0.650. The lowest BCUT2D eigenvalue weighted by Crippen LogP contribution is -2.37. The van der Waals surface area contributed by atoms with Crippen molar-refractivity contribution < 1.29 is 13.9 Å². The highest BCUT2D eigenvalue weighted by Crippen LogP contribution is 2.25. The van der Waals surface area contributed by atoms with Crippen LogP contribution in [0.5, 0.6) is 0 Å². The van der Waals surface area contributed by atoms with Gasteiger partial charge in [0.2, 0.25) is 0 Å². The average molecular weight is 329 g/mol. The van der Waals surface area contributed by atoms with E-state index in [-0.39, 0.29) is 18.4 Å². The number of hydrogen-bond acceptors (Lipinski definition) is 4. The Morgan fingerprint density at radius 1 is 1.29 bits per heavy atom. The summed E-state index contributed by atoms with van der Waals surface area (Å²) in [6, 6.07) is 9.47. The summed E-state index contributed by atoms with van der Waals surface area (Å²) < 4.78 is 18.7. The summed E-state index contributed by atoms with van der Waals surface area (Å²) >= 11 is 0. The van der Waals surface area contributed by atoms with Gasteiger partial charge in [-0.2, -0.15) is 0 Å². The number of imidazole rings is 1. The summed E-state index contributed by atoms with van der Waals surface area (Å²) in [6.07, 6.45) is 3.38. The predicted molar refractivity (Wildman–Crippen MR) is 87.8 cm³/mol. The minimum absolute atomic E-state index is 0.239. The Morgan fingerprint density at radius 2 is 2.04 bits per heavy atom. The van der Waals surface area contributed by atoms with E-state index in [9.17, 15) is 9.50 Å². The van der Waals surface area contributed by atoms with Crippen molar-refractivity contribution in [3.63, 3.8) is 0 Å². The number of rotatable bonds is 6. The van der Waals surface area contributed by atoms with E-state index in [0.29, 0.717) is 11.6 Å². The van der Waals surface area contributed by atoms with E-state index < -0.39 is 5.60 Å². The lowest BCUT2D eigenvalue weighted by atomic mass is 10.0. The minimum atomic E-state index is -1.18. The average Bonchev–Trinajstić information content (AvgIpc) is 3.21. The van der Waals surface area contributed by atoms with Gasteiger partial charge in [0.05, 0.1) is 6.04 Å². The van der Waals surface area contributed by atoms with Gasteiger partial charge in [-0.25, -0.2) is 9.37 Å². The molecule has 0 aliphatic rings. The van der Waals surface area contributed by atoms with Gasteiger partial charge in [0.1, 0.15) is 28.8 Å². The summed E-state index contributed by atoms with van der Waals surface area (Å²) in [7, 11) is 0. The molecule has 0 aliphatic carbocycles. The molecule has 0 saturated carbocycles. The van der Waals surface area contributed by atoms with Gasteiger partial charge in [0.15, 0.2) is 0 Å². The third-order valence-corrected chi connectivity index (χ3v) is 3.92. The smallest absolute Gasteiger partial charge is 0.136 e. The molecule has 2 aromatic heterocycles. The molecule has 24 heavy (non-hydrogen) atoms. The maximum absolute atomic E-state index is 13.2. The Balaban J connectivity index is 1.81. The van der Waals surface area contributed by atoms with Crippen molar-refractivity contribution in [2.24, 2.45) is 0 Å². The molecule has 3 rings (SSSR count). The van der Waals surface area contributed by atoms with Gasteiger partial charge in [-0.15, -0.1) is 0 Å². The van der Waals surface area contributed by atoms with Crippen LogP contribution in [-0.4, -0.2) is 21.6 Å². The van der Waals surface area contributed by atoms with Crippen LogP contribution in [0.25, 0.3) is 0 Å². The highest BCUT2D eigenvalue weighted by Gasteiger charge is 2.29. The fourth-order valence-electron chi connectivity index (χ4n) is 2.57. The Hall–Kier alpha value is -2.44. The monoisotopic (exact) mass is 329 g/mol. The van der Waals surface area contributed by atoms with E-state index in [1.807, 2.05) is 13.0 Å². The summed E-state index contributed by atoms with van der Waals surface area (Å²) in [6.45, 7) is 3.75. The summed E-state index contributed by atoms with van der Waals surface area (Å²) in [5.74, 6) is 1.62. The number of aromatic nitrogens is 2. The molecule has 0 spiro atoms. The van der Waals surface area contributed by atoms with Gasteiger partial charge >= 0.3 is 0 Å². The molecule has 0 radical (unpaired) electrons. The molecule has 0 saturated heterocycles. The van der Waals surface area contributed by atoms with Gasteiger partial charge in [0.25, 0.3) is 0 Å². The largest absolute Gasteiger partial charge is 0.463 e. The van der Waals surface area contributed by atoms with Crippen molar-refractivity contribution in [1.29, 1.82) is 0 Å². The first-order valence-electron chi connectivity index (χ1n) is 7.73. The van der Waals surface area contributed by atoms with E-state index >= 15 is 0 Å². The van der Waals surface area contributed by atoms with Crippen molar-refractivity contribution in [3.8, 4) is 0 Å². The first-order chi connectivity index (χ1) is 11.5. The number of aryl methyl sites for hydroxylation is 1. The summed E-state index contributed by atoms with van der Waals surface area (Å²) in [4.78, 5) is 7.33. The molecule has 5 nitrogen and oxygen atoms in total. The topological polar surface area (TPSA) is 74.1 Å². The number of furan rings is 1. The maximum Gasteiger partial charge on any atom is 0.136 e. The molecule has 6 heteroatoms. The van der Waals surface area contributed by atoms with Gasteiger partial charge < -0.3 is 19.8 Å². The van der Waals surface area contributed by atoms with E-state index in [1.165, 1.54) is 12.1 Å². The Labute approximate surface area is 139 Å². The van der Waals surface area contributed by atoms with E-state index in [0.717, 1.165) is 11.3 Å². The third-order valence-electron chi connectivity index (χ3n) is 3.92. The summed E-state index contributed by atoms with van der Waals surface area (Å²) in [5, 5.41) is 14.0. The number of aliphatic hydroxyl groups is 1. The van der Waals surface area contributed by atoms with Crippen LogP contribution < -0.4 is 5.32 Å². The molecule has 0 fully saturated rings. The van der Waals surface area contributed by atoms with E-state index in [2.05, 4.69) is 15.3 Å². The SMILES string of the molecule is Cc1ccc([C@](C)(O)CN[C@@H](c2ccc(F)cc2)c2ncc[nH]2)o1. The first kappa shape index (κ1) is 16.4. The first-order valence-corrected chi connectivity index (χ1v) is 7.73. The van der Waals surface area contributed by atoms with Crippen LogP contribution in [0.3, 0.4) is 0 Å². The molecule has 2 heterocycles. The van der Waals surface area contributed by atoms with E-state index in [4.69, 9.17) is 4.42 Å². The standard InChI is InChI=1S/C18H20FN3O2/c1-12-3-8-15(24-12)18(2,23)11-22-16(17-20-9-10-21-17)13-4-6-14(19)7-5-13/h3-10,16,22-23H,11H2,1-2H3,(H,20,21)/t16-,18+/m0/s1. The molecule has 0 aliphatic heterocycles. The number of H-pyrrole nitrogens is 1. The molecule has 3 aromatic rings. The zero-order valence-corrected chi connectivity index (χ0v) is 13.6. The molecule has 1 aromatic carbocycles. The number of nitrogens with one attached hydrogen (secondary N) is 2. The lowest BCUT2D eigenvalue weighted by Gasteiger charge is -2.25. The number of aromatic amines is 1. The summed E-state index contributed by atoms with van der Waals surface area (Å²) in [5.41, 5.74) is -0.336. The van der Waals surface area contributed by atoms with E-state index in [1.54, 1.807) is 37.5 Å². The molecule has 2 atom stereocenters. The number of hydrogen-bond donors (Lipinski definition) is 3. The minimum Gasteiger partial charge on any atom is -0.463 e. The normalized spacial score (nSPS) is 15.2. The molecule has 0 unspecified atom stereocenters. The van der Waals surface area contributed by atoms with Crippen molar-refractivity contribution in [1.82, 2.24) is 15.3 Å². The fraction of sp³-hybridized carbons (Fsp3) is 0.278. The van der Waals surface area contributed by atoms with Crippen LogP contribution >= 0.6 is 0 Å². The number of halogens is 1. The van der Waals surface area contributed by atoms with Crippen molar-refractivity contribution in [3.05, 3.63) is 77.5 Å². The lowest BCUT2D eigenvalue weighted by molar-refractivity contribution is 0.0317. The zero-order valence-electron chi connectivity index (χ0n) is 13.6. The second-order valence-electron chi connectivity index (χ2n) is 6.02.